The van der Waals surface area contributed by atoms with Gasteiger partial charge in [-0.05, 0) is 12.1 Å². The van der Waals surface area contributed by atoms with Gasteiger partial charge in [-0.1, -0.05) is 0 Å². The first-order valence-electron chi connectivity index (χ1n) is 4.88. The van der Waals surface area contributed by atoms with Gasteiger partial charge in [-0.3, -0.25) is 4.79 Å². The van der Waals surface area contributed by atoms with Crippen molar-refractivity contribution in [3.63, 3.8) is 0 Å². The molecule has 0 aliphatic heterocycles. The van der Waals surface area contributed by atoms with E-state index in [-0.39, 0.29) is 12.5 Å². The fourth-order valence-corrected chi connectivity index (χ4v) is 1.26. The van der Waals surface area contributed by atoms with Crippen molar-refractivity contribution in [3.8, 4) is 5.75 Å². The molecule has 0 saturated carbocycles. The smallest absolute Gasteiger partial charge is 0.341 e. The second-order valence-corrected chi connectivity index (χ2v) is 3.16. The van der Waals surface area contributed by atoms with E-state index in [4.69, 9.17) is 10.5 Å². The average molecular weight is 238 g/mol. The third-order valence-electron chi connectivity index (χ3n) is 2.08. The van der Waals surface area contributed by atoms with Crippen molar-refractivity contribution in [3.05, 3.63) is 23.8 Å². The Morgan fingerprint density at radius 1 is 1.35 bits per heavy atom. The number of hydrogen-bond acceptors (Lipinski definition) is 5. The van der Waals surface area contributed by atoms with Crippen LogP contribution < -0.4 is 15.8 Å². The van der Waals surface area contributed by atoms with Gasteiger partial charge in [0.05, 0.1) is 20.8 Å². The first-order chi connectivity index (χ1) is 8.12. The highest BCUT2D eigenvalue weighted by molar-refractivity contribution is 5.95. The van der Waals surface area contributed by atoms with Crippen molar-refractivity contribution in [2.75, 3.05) is 26.1 Å². The van der Waals surface area contributed by atoms with Gasteiger partial charge < -0.3 is 20.5 Å². The van der Waals surface area contributed by atoms with Gasteiger partial charge >= 0.3 is 5.97 Å². The molecule has 17 heavy (non-hydrogen) atoms. The van der Waals surface area contributed by atoms with E-state index in [1.165, 1.54) is 26.4 Å². The first-order valence-corrected chi connectivity index (χ1v) is 4.88. The molecule has 1 aromatic rings. The van der Waals surface area contributed by atoms with Crippen molar-refractivity contribution in [2.24, 2.45) is 5.73 Å². The van der Waals surface area contributed by atoms with Crippen LogP contribution in [0.15, 0.2) is 18.2 Å². The lowest BCUT2D eigenvalue weighted by atomic mass is 10.2. The Morgan fingerprint density at radius 3 is 2.59 bits per heavy atom. The van der Waals surface area contributed by atoms with Crippen LogP contribution in [-0.2, 0) is 9.53 Å². The number of ether oxygens (including phenoxy) is 2. The van der Waals surface area contributed by atoms with E-state index >= 15 is 0 Å². The van der Waals surface area contributed by atoms with Gasteiger partial charge in [0.15, 0.2) is 0 Å². The Kier molecular flexibility index (Phi) is 4.47. The maximum absolute atomic E-state index is 11.4. The fourth-order valence-electron chi connectivity index (χ4n) is 1.26. The van der Waals surface area contributed by atoms with E-state index in [0.717, 1.165) is 0 Å². The Hall–Kier alpha value is -2.08. The molecule has 0 spiro atoms. The molecule has 0 atom stereocenters. The lowest BCUT2D eigenvalue weighted by Crippen LogP contribution is -2.21. The summed E-state index contributed by atoms with van der Waals surface area (Å²) in [6, 6.07) is 4.61. The van der Waals surface area contributed by atoms with Gasteiger partial charge in [0.2, 0.25) is 5.91 Å². The van der Waals surface area contributed by atoms with E-state index < -0.39 is 5.97 Å². The van der Waals surface area contributed by atoms with Crippen molar-refractivity contribution < 1.29 is 19.1 Å². The fraction of sp³-hybridized carbons (Fsp3) is 0.273. The summed E-state index contributed by atoms with van der Waals surface area (Å²) in [5, 5.41) is 2.55. The van der Waals surface area contributed by atoms with E-state index in [0.29, 0.717) is 17.0 Å². The molecule has 0 saturated heterocycles. The molecule has 0 aliphatic rings. The molecule has 0 aromatic heterocycles. The molecule has 0 unspecified atom stereocenters. The van der Waals surface area contributed by atoms with E-state index in [2.05, 4.69) is 10.1 Å². The average Bonchev–Trinajstić information content (AvgIpc) is 2.37. The zero-order valence-electron chi connectivity index (χ0n) is 9.65. The van der Waals surface area contributed by atoms with Crippen LogP contribution in [-0.4, -0.2) is 32.6 Å². The summed E-state index contributed by atoms with van der Waals surface area (Å²) in [4.78, 5) is 22.5. The largest absolute Gasteiger partial charge is 0.496 e. The Bertz CT molecular complexity index is 431. The summed E-state index contributed by atoms with van der Waals surface area (Å²) < 4.78 is 9.64. The number of nitrogens with one attached hydrogen (secondary N) is 1. The molecular weight excluding hydrogens is 224 g/mol. The monoisotopic (exact) mass is 238 g/mol. The van der Waals surface area contributed by atoms with Gasteiger partial charge in [0.25, 0.3) is 0 Å². The van der Waals surface area contributed by atoms with Crippen LogP contribution in [0.4, 0.5) is 5.69 Å². The van der Waals surface area contributed by atoms with Crippen LogP contribution in [0, 0.1) is 0 Å². The predicted octanol–water partition coefficient (Wildman–Crippen LogP) is 0.379. The standard InChI is InChI=1S/C11H14N2O4/c1-16-9-5-7(13-10(14)6-12)3-4-8(9)11(15)17-2/h3-5H,6,12H2,1-2H3,(H,13,14). The number of methoxy groups -OCH3 is 2. The number of anilines is 1. The van der Waals surface area contributed by atoms with E-state index in [9.17, 15) is 9.59 Å². The van der Waals surface area contributed by atoms with Gasteiger partial charge in [-0.2, -0.15) is 0 Å². The van der Waals surface area contributed by atoms with E-state index in [1.54, 1.807) is 6.07 Å². The summed E-state index contributed by atoms with van der Waals surface area (Å²) in [7, 11) is 2.71. The van der Waals surface area contributed by atoms with E-state index in [1.807, 2.05) is 0 Å². The second-order valence-electron chi connectivity index (χ2n) is 3.16. The van der Waals surface area contributed by atoms with Crippen molar-refractivity contribution in [1.82, 2.24) is 0 Å². The molecule has 0 aliphatic carbocycles. The number of carbonyl (C=O) groups is 2. The molecule has 0 bridgehead atoms. The second kappa shape index (κ2) is 5.86. The number of hydrogen-bond donors (Lipinski definition) is 2. The van der Waals surface area contributed by atoms with Gasteiger partial charge in [-0.15, -0.1) is 0 Å². The normalized spacial score (nSPS) is 9.59. The lowest BCUT2D eigenvalue weighted by Gasteiger charge is -2.09. The zero-order chi connectivity index (χ0) is 12.8. The molecule has 1 rings (SSSR count). The van der Waals surface area contributed by atoms with Crippen LogP contribution >= 0.6 is 0 Å². The number of rotatable bonds is 4. The Balaban J connectivity index is 3.00. The summed E-state index contributed by atoms with van der Waals surface area (Å²) in [5.41, 5.74) is 5.97. The van der Waals surface area contributed by atoms with Crippen molar-refractivity contribution in [2.45, 2.75) is 0 Å². The number of benzene rings is 1. The number of amides is 1. The Labute approximate surface area is 98.7 Å². The van der Waals surface area contributed by atoms with Gasteiger partial charge in [0.1, 0.15) is 11.3 Å². The number of carbonyl (C=O) groups excluding carboxylic acids is 2. The molecule has 6 heteroatoms. The SMILES string of the molecule is COC(=O)c1ccc(NC(=O)CN)cc1OC. The highest BCUT2D eigenvalue weighted by Crippen LogP contribution is 2.23. The minimum absolute atomic E-state index is 0.110. The molecule has 1 amide bonds. The molecule has 0 radical (unpaired) electrons. The maximum Gasteiger partial charge on any atom is 0.341 e. The van der Waals surface area contributed by atoms with Crippen LogP contribution in [0.2, 0.25) is 0 Å². The quantitative estimate of drug-likeness (QED) is 0.740. The third-order valence-corrected chi connectivity index (χ3v) is 2.08. The molecule has 1 aromatic carbocycles. The highest BCUT2D eigenvalue weighted by Gasteiger charge is 2.13. The first kappa shape index (κ1) is 13.0. The Morgan fingerprint density at radius 2 is 2.06 bits per heavy atom. The molecule has 92 valence electrons. The summed E-state index contributed by atoms with van der Waals surface area (Å²) in [5.74, 6) is -0.497. The minimum atomic E-state index is -0.501. The zero-order valence-corrected chi connectivity index (χ0v) is 9.65. The van der Waals surface area contributed by atoms with Gasteiger partial charge in [-0.25, -0.2) is 4.79 Å². The van der Waals surface area contributed by atoms with Crippen molar-refractivity contribution >= 4 is 17.6 Å². The maximum atomic E-state index is 11.4. The molecule has 3 N–H and O–H groups in total. The predicted molar refractivity (Wildman–Crippen MR) is 62.0 cm³/mol. The van der Waals surface area contributed by atoms with Crippen LogP contribution in [0.25, 0.3) is 0 Å². The summed E-state index contributed by atoms with van der Waals surface area (Å²) >= 11 is 0. The number of esters is 1. The third kappa shape index (κ3) is 3.18. The number of nitrogens with two attached hydrogens (primary N) is 1. The topological polar surface area (TPSA) is 90.7 Å². The van der Waals surface area contributed by atoms with Gasteiger partial charge in [0, 0.05) is 11.8 Å². The van der Waals surface area contributed by atoms with Crippen LogP contribution in [0.3, 0.4) is 0 Å². The summed E-state index contributed by atoms with van der Waals surface area (Å²) in [6.45, 7) is -0.110. The molecule has 0 heterocycles. The molecular formula is C11H14N2O4. The lowest BCUT2D eigenvalue weighted by molar-refractivity contribution is -0.114. The highest BCUT2D eigenvalue weighted by atomic mass is 16.5. The molecule has 0 fully saturated rings. The molecule has 6 nitrogen and oxygen atoms in total. The van der Waals surface area contributed by atoms with Crippen LogP contribution in [0.1, 0.15) is 10.4 Å². The van der Waals surface area contributed by atoms with Crippen LogP contribution in [0.5, 0.6) is 5.75 Å². The minimum Gasteiger partial charge on any atom is -0.496 e. The van der Waals surface area contributed by atoms with Crippen molar-refractivity contribution in [1.29, 1.82) is 0 Å². The summed E-state index contributed by atoms with van der Waals surface area (Å²) in [6.07, 6.45) is 0.